The zero-order chi connectivity index (χ0) is 12.4. The summed E-state index contributed by atoms with van der Waals surface area (Å²) in [5.74, 6) is 0. The zero-order valence-corrected chi connectivity index (χ0v) is 11.4. The van der Waals surface area contributed by atoms with E-state index >= 15 is 0 Å². The van der Waals surface area contributed by atoms with Crippen molar-refractivity contribution in [2.75, 3.05) is 26.2 Å². The van der Waals surface area contributed by atoms with Crippen LogP contribution in [-0.4, -0.2) is 42.0 Å². The molecule has 1 aromatic rings. The highest BCUT2D eigenvalue weighted by atomic mass is 15.3. The molecule has 2 nitrogen and oxygen atoms in total. The molecule has 1 unspecified atom stereocenters. The second-order valence-electron chi connectivity index (χ2n) is 5.85. The fourth-order valence-electron chi connectivity index (χ4n) is 3.39. The summed E-state index contributed by atoms with van der Waals surface area (Å²) in [7, 11) is 0. The summed E-state index contributed by atoms with van der Waals surface area (Å²) in [5, 5.41) is 0. The van der Waals surface area contributed by atoms with Gasteiger partial charge in [-0.1, -0.05) is 30.7 Å². The fraction of sp³-hybridized carbons (Fsp3) is 0.625. The van der Waals surface area contributed by atoms with Crippen LogP contribution < -0.4 is 0 Å². The summed E-state index contributed by atoms with van der Waals surface area (Å²) in [6.07, 6.45) is 4.25. The van der Waals surface area contributed by atoms with Gasteiger partial charge < -0.3 is 0 Å². The van der Waals surface area contributed by atoms with Gasteiger partial charge in [0.05, 0.1) is 0 Å². The predicted molar refractivity (Wildman–Crippen MR) is 75.7 cm³/mol. The highest BCUT2D eigenvalue weighted by molar-refractivity contribution is 5.25. The van der Waals surface area contributed by atoms with E-state index in [4.69, 9.17) is 0 Å². The maximum atomic E-state index is 2.71. The van der Waals surface area contributed by atoms with Crippen molar-refractivity contribution in [3.8, 4) is 0 Å². The molecule has 2 heterocycles. The lowest BCUT2D eigenvalue weighted by Crippen LogP contribution is -2.54. The minimum atomic E-state index is 0.830. The molecule has 2 aliphatic rings. The largest absolute Gasteiger partial charge is 0.298 e. The van der Waals surface area contributed by atoms with Gasteiger partial charge in [-0.15, -0.1) is 0 Å². The van der Waals surface area contributed by atoms with Crippen LogP contribution in [0.25, 0.3) is 0 Å². The van der Waals surface area contributed by atoms with E-state index in [1.807, 2.05) is 0 Å². The van der Waals surface area contributed by atoms with Crippen molar-refractivity contribution in [2.24, 2.45) is 0 Å². The minimum absolute atomic E-state index is 0.830. The Bertz CT molecular complexity index is 402. The van der Waals surface area contributed by atoms with Crippen LogP contribution in [0.1, 0.15) is 30.4 Å². The molecule has 2 heteroatoms. The molecular formula is C16H24N2. The summed E-state index contributed by atoms with van der Waals surface area (Å²) in [5.41, 5.74) is 2.94. The molecule has 0 radical (unpaired) electrons. The SMILES string of the molecule is Cc1ccccc1CN1CCN2CCCCC2C1. The molecule has 2 fully saturated rings. The maximum Gasteiger partial charge on any atom is 0.0237 e. The first-order valence-corrected chi connectivity index (χ1v) is 7.34. The van der Waals surface area contributed by atoms with Crippen molar-refractivity contribution >= 4 is 0 Å². The van der Waals surface area contributed by atoms with Gasteiger partial charge in [-0.05, 0) is 37.4 Å². The van der Waals surface area contributed by atoms with Gasteiger partial charge in [-0.25, -0.2) is 0 Å². The average Bonchev–Trinajstić information content (AvgIpc) is 2.41. The van der Waals surface area contributed by atoms with E-state index in [1.54, 1.807) is 0 Å². The number of hydrogen-bond acceptors (Lipinski definition) is 2. The normalized spacial score (nSPS) is 25.9. The first-order valence-electron chi connectivity index (χ1n) is 7.34. The van der Waals surface area contributed by atoms with Crippen LogP contribution in [0.2, 0.25) is 0 Å². The van der Waals surface area contributed by atoms with Crippen LogP contribution in [0, 0.1) is 6.92 Å². The molecule has 2 saturated heterocycles. The van der Waals surface area contributed by atoms with Gasteiger partial charge >= 0.3 is 0 Å². The second-order valence-corrected chi connectivity index (χ2v) is 5.85. The molecule has 0 aliphatic carbocycles. The number of piperazine rings is 1. The molecule has 1 aromatic carbocycles. The molecular weight excluding hydrogens is 220 g/mol. The Hall–Kier alpha value is -0.860. The third-order valence-electron chi connectivity index (χ3n) is 4.58. The first kappa shape index (κ1) is 12.2. The van der Waals surface area contributed by atoms with Crippen LogP contribution in [0.15, 0.2) is 24.3 Å². The Morgan fingerprint density at radius 2 is 2.00 bits per heavy atom. The van der Waals surface area contributed by atoms with E-state index in [9.17, 15) is 0 Å². The molecule has 0 spiro atoms. The topological polar surface area (TPSA) is 6.48 Å². The Labute approximate surface area is 111 Å². The molecule has 0 bridgehead atoms. The lowest BCUT2D eigenvalue weighted by atomic mass is 9.99. The number of rotatable bonds is 2. The Balaban J connectivity index is 1.63. The van der Waals surface area contributed by atoms with Gasteiger partial charge in [-0.3, -0.25) is 9.80 Å². The number of hydrogen-bond donors (Lipinski definition) is 0. The van der Waals surface area contributed by atoms with E-state index in [2.05, 4.69) is 41.0 Å². The van der Waals surface area contributed by atoms with E-state index in [-0.39, 0.29) is 0 Å². The number of aryl methyl sites for hydroxylation is 1. The van der Waals surface area contributed by atoms with Crippen molar-refractivity contribution in [1.29, 1.82) is 0 Å². The highest BCUT2D eigenvalue weighted by Crippen LogP contribution is 2.22. The molecule has 1 atom stereocenters. The summed E-state index contributed by atoms with van der Waals surface area (Å²) < 4.78 is 0. The Morgan fingerprint density at radius 3 is 2.89 bits per heavy atom. The number of fused-ring (bicyclic) bond motifs is 1. The van der Waals surface area contributed by atoms with Crippen molar-refractivity contribution in [3.05, 3.63) is 35.4 Å². The van der Waals surface area contributed by atoms with E-state index in [0.717, 1.165) is 12.6 Å². The number of benzene rings is 1. The smallest absolute Gasteiger partial charge is 0.0237 e. The van der Waals surface area contributed by atoms with Gasteiger partial charge in [0.15, 0.2) is 0 Å². The average molecular weight is 244 g/mol. The molecule has 2 aliphatic heterocycles. The van der Waals surface area contributed by atoms with E-state index in [1.165, 1.54) is 56.6 Å². The standard InChI is InChI=1S/C16H24N2/c1-14-6-2-3-7-15(14)12-17-10-11-18-9-5-4-8-16(18)13-17/h2-3,6-7,16H,4-5,8-13H2,1H3. The van der Waals surface area contributed by atoms with Crippen molar-refractivity contribution in [3.63, 3.8) is 0 Å². The van der Waals surface area contributed by atoms with E-state index in [0.29, 0.717) is 0 Å². The van der Waals surface area contributed by atoms with Crippen LogP contribution in [0.3, 0.4) is 0 Å². The van der Waals surface area contributed by atoms with Gasteiger partial charge in [-0.2, -0.15) is 0 Å². The fourth-order valence-corrected chi connectivity index (χ4v) is 3.39. The van der Waals surface area contributed by atoms with Gasteiger partial charge in [0.2, 0.25) is 0 Å². The van der Waals surface area contributed by atoms with Crippen LogP contribution in [0.4, 0.5) is 0 Å². The lowest BCUT2D eigenvalue weighted by Gasteiger charge is -2.44. The summed E-state index contributed by atoms with van der Waals surface area (Å²) >= 11 is 0. The van der Waals surface area contributed by atoms with Crippen LogP contribution in [-0.2, 0) is 6.54 Å². The molecule has 0 amide bonds. The molecule has 98 valence electrons. The number of piperidine rings is 1. The van der Waals surface area contributed by atoms with Crippen molar-refractivity contribution in [2.45, 2.75) is 38.8 Å². The summed E-state index contributed by atoms with van der Waals surface area (Å²) in [6, 6.07) is 9.64. The van der Waals surface area contributed by atoms with E-state index < -0.39 is 0 Å². The van der Waals surface area contributed by atoms with Gasteiger partial charge in [0.1, 0.15) is 0 Å². The second kappa shape index (κ2) is 5.41. The Kier molecular flexibility index (Phi) is 3.67. The summed E-state index contributed by atoms with van der Waals surface area (Å²) in [4.78, 5) is 5.35. The van der Waals surface area contributed by atoms with Crippen molar-refractivity contribution in [1.82, 2.24) is 9.80 Å². The van der Waals surface area contributed by atoms with Gasteiger partial charge in [0, 0.05) is 32.2 Å². The third kappa shape index (κ3) is 2.60. The van der Waals surface area contributed by atoms with Crippen LogP contribution >= 0.6 is 0 Å². The number of nitrogens with zero attached hydrogens (tertiary/aromatic N) is 2. The first-order chi connectivity index (χ1) is 8.83. The predicted octanol–water partition coefficient (Wildman–Crippen LogP) is 2.67. The monoisotopic (exact) mass is 244 g/mol. The Morgan fingerprint density at radius 1 is 1.11 bits per heavy atom. The molecule has 0 saturated carbocycles. The molecule has 18 heavy (non-hydrogen) atoms. The molecule has 3 rings (SSSR count). The van der Waals surface area contributed by atoms with Gasteiger partial charge in [0.25, 0.3) is 0 Å². The summed E-state index contributed by atoms with van der Waals surface area (Å²) in [6.45, 7) is 8.49. The third-order valence-corrected chi connectivity index (χ3v) is 4.58. The molecule has 0 aromatic heterocycles. The minimum Gasteiger partial charge on any atom is -0.298 e. The van der Waals surface area contributed by atoms with Crippen molar-refractivity contribution < 1.29 is 0 Å². The highest BCUT2D eigenvalue weighted by Gasteiger charge is 2.28. The molecule has 0 N–H and O–H groups in total. The lowest BCUT2D eigenvalue weighted by molar-refractivity contribution is 0.0456. The zero-order valence-electron chi connectivity index (χ0n) is 11.4. The van der Waals surface area contributed by atoms with Crippen LogP contribution in [0.5, 0.6) is 0 Å². The quantitative estimate of drug-likeness (QED) is 0.789. The maximum absolute atomic E-state index is 2.71.